The molecule has 1 saturated heterocycles. The highest BCUT2D eigenvalue weighted by Gasteiger charge is 2.29. The third-order valence-corrected chi connectivity index (χ3v) is 5.12. The highest BCUT2D eigenvalue weighted by atomic mass is 35.5. The summed E-state index contributed by atoms with van der Waals surface area (Å²) in [6, 6.07) is 14.3. The molecule has 138 valence electrons. The van der Waals surface area contributed by atoms with E-state index in [1.807, 2.05) is 17.0 Å². The molecule has 27 heavy (non-hydrogen) atoms. The number of nitrogens with zero attached hydrogens (tertiary/aromatic N) is 3. The van der Waals surface area contributed by atoms with Gasteiger partial charge in [-0.05, 0) is 43.2 Å². The molecule has 0 radical (unpaired) electrons. The normalized spacial score (nSPS) is 17.1. The Morgan fingerprint density at radius 1 is 1.11 bits per heavy atom. The van der Waals surface area contributed by atoms with Gasteiger partial charge in [0.05, 0.1) is 5.92 Å². The summed E-state index contributed by atoms with van der Waals surface area (Å²) < 4.78 is 5.49. The minimum absolute atomic E-state index is 0.0160. The van der Waals surface area contributed by atoms with Gasteiger partial charge in [0, 0.05) is 34.3 Å². The maximum absolute atomic E-state index is 12.8. The van der Waals surface area contributed by atoms with Gasteiger partial charge in [0.25, 0.3) is 5.91 Å². The van der Waals surface area contributed by atoms with Crippen molar-refractivity contribution in [2.24, 2.45) is 0 Å². The van der Waals surface area contributed by atoms with Gasteiger partial charge in [-0.15, -0.1) is 0 Å². The molecule has 4 rings (SSSR count). The van der Waals surface area contributed by atoms with Gasteiger partial charge in [0.2, 0.25) is 11.7 Å². The number of carbonyl (C=O) groups excluding carboxylic acids is 1. The first-order valence-corrected chi connectivity index (χ1v) is 9.50. The number of piperidine rings is 1. The number of hydrogen-bond acceptors (Lipinski definition) is 4. The number of benzene rings is 2. The Balaban J connectivity index is 1.51. The second kappa shape index (κ2) is 7.71. The van der Waals surface area contributed by atoms with E-state index < -0.39 is 0 Å². The van der Waals surface area contributed by atoms with Crippen molar-refractivity contribution in [2.45, 2.75) is 18.8 Å². The molecule has 1 fully saturated rings. The summed E-state index contributed by atoms with van der Waals surface area (Å²) >= 11 is 12.0. The van der Waals surface area contributed by atoms with Gasteiger partial charge in [-0.25, -0.2) is 0 Å². The fourth-order valence-electron chi connectivity index (χ4n) is 3.31. The molecule has 0 saturated carbocycles. The summed E-state index contributed by atoms with van der Waals surface area (Å²) in [5, 5.41) is 5.25. The van der Waals surface area contributed by atoms with E-state index in [-0.39, 0.29) is 11.8 Å². The molecule has 2 aromatic carbocycles. The van der Waals surface area contributed by atoms with Crippen molar-refractivity contribution in [1.82, 2.24) is 15.0 Å². The van der Waals surface area contributed by atoms with Crippen LogP contribution >= 0.6 is 23.2 Å². The molecule has 0 bridgehead atoms. The number of carbonyl (C=O) groups is 1. The summed E-state index contributed by atoms with van der Waals surface area (Å²) in [7, 11) is 0. The van der Waals surface area contributed by atoms with Crippen LogP contribution in [0.3, 0.4) is 0 Å². The molecule has 0 unspecified atom stereocenters. The van der Waals surface area contributed by atoms with Crippen LogP contribution in [0.15, 0.2) is 53.1 Å². The van der Waals surface area contributed by atoms with Crippen molar-refractivity contribution in [2.75, 3.05) is 13.1 Å². The fraction of sp³-hybridized carbons (Fsp3) is 0.250. The molecule has 1 aliphatic rings. The number of hydrogen-bond donors (Lipinski definition) is 0. The highest BCUT2D eigenvalue weighted by Crippen LogP contribution is 2.29. The fourth-order valence-corrected chi connectivity index (χ4v) is 3.69. The Morgan fingerprint density at radius 3 is 2.67 bits per heavy atom. The smallest absolute Gasteiger partial charge is 0.253 e. The highest BCUT2D eigenvalue weighted by molar-refractivity contribution is 6.31. The van der Waals surface area contributed by atoms with Crippen LogP contribution in [0.5, 0.6) is 0 Å². The van der Waals surface area contributed by atoms with E-state index in [0.29, 0.717) is 40.4 Å². The van der Waals surface area contributed by atoms with Crippen molar-refractivity contribution in [3.63, 3.8) is 0 Å². The lowest BCUT2D eigenvalue weighted by Crippen LogP contribution is -2.39. The van der Waals surface area contributed by atoms with Crippen LogP contribution < -0.4 is 0 Å². The van der Waals surface area contributed by atoms with Crippen molar-refractivity contribution >= 4 is 29.1 Å². The molecule has 1 aromatic heterocycles. The lowest BCUT2D eigenvalue weighted by molar-refractivity contribution is 0.0695. The molecule has 1 aliphatic heterocycles. The first kappa shape index (κ1) is 18.0. The van der Waals surface area contributed by atoms with Gasteiger partial charge in [0.1, 0.15) is 0 Å². The molecular weight excluding hydrogens is 385 g/mol. The molecule has 0 N–H and O–H groups in total. The van der Waals surface area contributed by atoms with Gasteiger partial charge in [0.15, 0.2) is 0 Å². The Bertz CT molecular complexity index is 973. The van der Waals surface area contributed by atoms with Crippen molar-refractivity contribution in [3.8, 4) is 11.4 Å². The van der Waals surface area contributed by atoms with E-state index >= 15 is 0 Å². The summed E-state index contributed by atoms with van der Waals surface area (Å²) in [5.74, 6) is 1.04. The standard InChI is InChI=1S/C20H17Cl2N3O2/c21-16-7-1-4-13(10-16)18-23-19(27-24-18)15-6-3-9-25(12-15)20(26)14-5-2-8-17(22)11-14/h1-2,4-5,7-8,10-11,15H,3,6,9,12H2/t15-/m1/s1. The minimum atomic E-state index is -0.0308. The summed E-state index contributed by atoms with van der Waals surface area (Å²) in [6.07, 6.45) is 1.78. The van der Waals surface area contributed by atoms with Gasteiger partial charge in [-0.2, -0.15) is 4.98 Å². The predicted molar refractivity (Wildman–Crippen MR) is 104 cm³/mol. The molecule has 0 spiro atoms. The van der Waals surface area contributed by atoms with E-state index in [1.54, 1.807) is 36.4 Å². The molecule has 2 heterocycles. The number of aromatic nitrogens is 2. The first-order valence-electron chi connectivity index (χ1n) is 8.74. The van der Waals surface area contributed by atoms with E-state index in [4.69, 9.17) is 27.7 Å². The third kappa shape index (κ3) is 3.99. The zero-order chi connectivity index (χ0) is 18.8. The van der Waals surface area contributed by atoms with Crippen LogP contribution in [0.2, 0.25) is 10.0 Å². The Labute approximate surface area is 166 Å². The Morgan fingerprint density at radius 2 is 1.89 bits per heavy atom. The molecule has 3 aromatic rings. The minimum Gasteiger partial charge on any atom is -0.339 e. The number of likely N-dealkylation sites (tertiary alicyclic amines) is 1. The van der Waals surface area contributed by atoms with E-state index in [9.17, 15) is 4.79 Å². The van der Waals surface area contributed by atoms with Crippen LogP contribution in [0.4, 0.5) is 0 Å². The van der Waals surface area contributed by atoms with Gasteiger partial charge < -0.3 is 9.42 Å². The molecular formula is C20H17Cl2N3O2. The lowest BCUT2D eigenvalue weighted by Gasteiger charge is -2.31. The van der Waals surface area contributed by atoms with E-state index in [2.05, 4.69) is 10.1 Å². The average molecular weight is 402 g/mol. The zero-order valence-corrected chi connectivity index (χ0v) is 16.0. The predicted octanol–water partition coefficient (Wildman–Crippen LogP) is 5.06. The molecule has 5 nitrogen and oxygen atoms in total. The maximum atomic E-state index is 12.8. The Hall–Kier alpha value is -2.37. The number of rotatable bonds is 3. The van der Waals surface area contributed by atoms with Gasteiger partial charge >= 0.3 is 0 Å². The van der Waals surface area contributed by atoms with Crippen LogP contribution in [0.25, 0.3) is 11.4 Å². The number of amides is 1. The number of halogens is 2. The molecule has 1 amide bonds. The zero-order valence-electron chi connectivity index (χ0n) is 14.4. The summed E-state index contributed by atoms with van der Waals surface area (Å²) in [6.45, 7) is 1.25. The van der Waals surface area contributed by atoms with Crippen LogP contribution in [-0.4, -0.2) is 34.0 Å². The molecule has 7 heteroatoms. The quantitative estimate of drug-likeness (QED) is 0.614. The lowest BCUT2D eigenvalue weighted by atomic mass is 9.97. The van der Waals surface area contributed by atoms with Gasteiger partial charge in [-0.1, -0.05) is 46.6 Å². The van der Waals surface area contributed by atoms with Crippen molar-refractivity contribution in [1.29, 1.82) is 0 Å². The second-order valence-electron chi connectivity index (χ2n) is 6.57. The van der Waals surface area contributed by atoms with Crippen LogP contribution in [-0.2, 0) is 0 Å². The molecule has 0 aliphatic carbocycles. The SMILES string of the molecule is O=C(c1cccc(Cl)c1)N1CCC[C@@H](c2nc(-c3cccc(Cl)c3)no2)C1. The van der Waals surface area contributed by atoms with Crippen molar-refractivity contribution in [3.05, 3.63) is 70.0 Å². The largest absolute Gasteiger partial charge is 0.339 e. The third-order valence-electron chi connectivity index (χ3n) is 4.65. The Kier molecular flexibility index (Phi) is 5.14. The van der Waals surface area contributed by atoms with Crippen LogP contribution in [0.1, 0.15) is 35.0 Å². The first-order chi connectivity index (χ1) is 13.1. The average Bonchev–Trinajstić information content (AvgIpc) is 3.18. The topological polar surface area (TPSA) is 59.2 Å². The second-order valence-corrected chi connectivity index (χ2v) is 7.44. The van der Waals surface area contributed by atoms with Crippen LogP contribution in [0, 0.1) is 0 Å². The van der Waals surface area contributed by atoms with Gasteiger partial charge in [-0.3, -0.25) is 4.79 Å². The van der Waals surface area contributed by atoms with E-state index in [1.165, 1.54) is 0 Å². The monoisotopic (exact) mass is 401 g/mol. The van der Waals surface area contributed by atoms with E-state index in [0.717, 1.165) is 18.4 Å². The maximum Gasteiger partial charge on any atom is 0.253 e. The molecule has 1 atom stereocenters. The van der Waals surface area contributed by atoms with Crippen molar-refractivity contribution < 1.29 is 9.32 Å². The summed E-state index contributed by atoms with van der Waals surface area (Å²) in [5.41, 5.74) is 1.40. The summed E-state index contributed by atoms with van der Waals surface area (Å²) in [4.78, 5) is 19.1.